The fourth-order valence-electron chi connectivity index (χ4n) is 1.80. The van der Waals surface area contributed by atoms with E-state index in [4.69, 9.17) is 4.42 Å². The Morgan fingerprint density at radius 1 is 1.17 bits per heavy atom. The molecule has 0 saturated carbocycles. The number of nitrogens with zero attached hydrogens (tertiary/aromatic N) is 2. The Morgan fingerprint density at radius 3 is 2.52 bits per heavy atom. The van der Waals surface area contributed by atoms with Crippen LogP contribution in [0.2, 0.25) is 0 Å². The van der Waals surface area contributed by atoms with E-state index in [1.54, 1.807) is 29.6 Å². The second kappa shape index (κ2) is 5.94. The first-order valence-electron chi connectivity index (χ1n) is 6.42. The van der Waals surface area contributed by atoms with Gasteiger partial charge in [0.2, 0.25) is 5.89 Å². The summed E-state index contributed by atoms with van der Waals surface area (Å²) in [4.78, 5) is 12.6. The number of aromatic nitrogens is 2. The fourth-order valence-corrected chi connectivity index (χ4v) is 3.05. The molecule has 3 aromatic rings. The number of sulfone groups is 1. The molecule has 0 aliphatic carbocycles. The van der Waals surface area contributed by atoms with E-state index in [2.05, 4.69) is 15.5 Å². The standard InChI is InChI=1S/C14H11N3O4S2/c1-23(19,20)10-6-4-9(5-7-10)13-16-17-14(21-13)15-12(18)11-3-2-8-22-11/h2-8H,1H3,(H,15,17,18). The Labute approximate surface area is 135 Å². The molecule has 2 heterocycles. The van der Waals surface area contributed by atoms with E-state index in [1.807, 2.05) is 0 Å². The highest BCUT2D eigenvalue weighted by Gasteiger charge is 2.14. The summed E-state index contributed by atoms with van der Waals surface area (Å²) in [6.45, 7) is 0. The number of carbonyl (C=O) groups is 1. The Kier molecular flexibility index (Phi) is 3.97. The van der Waals surface area contributed by atoms with E-state index in [-0.39, 0.29) is 22.7 Å². The van der Waals surface area contributed by atoms with Crippen molar-refractivity contribution in [3.8, 4) is 11.5 Å². The number of nitrogens with one attached hydrogen (secondary N) is 1. The highest BCUT2D eigenvalue weighted by molar-refractivity contribution is 7.90. The SMILES string of the molecule is CS(=O)(=O)c1ccc(-c2nnc(NC(=O)c3cccs3)o2)cc1. The first kappa shape index (κ1) is 15.4. The summed E-state index contributed by atoms with van der Waals surface area (Å²) in [6, 6.07) is 9.47. The van der Waals surface area contributed by atoms with Gasteiger partial charge in [-0.25, -0.2) is 8.42 Å². The van der Waals surface area contributed by atoms with Crippen LogP contribution in [-0.4, -0.2) is 30.8 Å². The normalized spacial score (nSPS) is 11.3. The van der Waals surface area contributed by atoms with E-state index < -0.39 is 9.84 Å². The highest BCUT2D eigenvalue weighted by atomic mass is 32.2. The van der Waals surface area contributed by atoms with Gasteiger partial charge in [0, 0.05) is 11.8 Å². The molecule has 0 spiro atoms. The second-order valence-electron chi connectivity index (χ2n) is 4.64. The zero-order chi connectivity index (χ0) is 16.4. The molecule has 118 valence electrons. The Balaban J connectivity index is 1.78. The lowest BCUT2D eigenvalue weighted by Gasteiger charge is -1.99. The maximum absolute atomic E-state index is 11.9. The summed E-state index contributed by atoms with van der Waals surface area (Å²) in [5.74, 6) is -0.144. The Hall–Kier alpha value is -2.52. The van der Waals surface area contributed by atoms with Gasteiger partial charge in [0.15, 0.2) is 9.84 Å². The van der Waals surface area contributed by atoms with Crippen LogP contribution < -0.4 is 5.32 Å². The number of amides is 1. The van der Waals surface area contributed by atoms with Gasteiger partial charge in [-0.15, -0.1) is 16.4 Å². The van der Waals surface area contributed by atoms with E-state index in [9.17, 15) is 13.2 Å². The molecular weight excluding hydrogens is 338 g/mol. The molecule has 2 aromatic heterocycles. The summed E-state index contributed by atoms with van der Waals surface area (Å²) in [6.07, 6.45) is 1.13. The molecule has 9 heteroatoms. The summed E-state index contributed by atoms with van der Waals surface area (Å²) < 4.78 is 28.2. The van der Waals surface area contributed by atoms with Gasteiger partial charge in [0.1, 0.15) is 0 Å². The Bertz CT molecular complexity index is 929. The van der Waals surface area contributed by atoms with E-state index in [0.717, 1.165) is 6.26 Å². The van der Waals surface area contributed by atoms with Gasteiger partial charge < -0.3 is 4.42 Å². The third-order valence-electron chi connectivity index (χ3n) is 2.92. The molecule has 23 heavy (non-hydrogen) atoms. The maximum atomic E-state index is 11.9. The average molecular weight is 349 g/mol. The molecule has 0 fully saturated rings. The van der Waals surface area contributed by atoms with Crippen molar-refractivity contribution in [2.75, 3.05) is 11.6 Å². The summed E-state index contributed by atoms with van der Waals surface area (Å²) in [5.41, 5.74) is 0.557. The predicted octanol–water partition coefficient (Wildman–Crippen LogP) is 2.45. The minimum atomic E-state index is -3.26. The van der Waals surface area contributed by atoms with Crippen molar-refractivity contribution in [3.05, 3.63) is 46.7 Å². The van der Waals surface area contributed by atoms with Crippen LogP contribution in [0, 0.1) is 0 Å². The zero-order valence-electron chi connectivity index (χ0n) is 11.9. The van der Waals surface area contributed by atoms with Crippen LogP contribution in [0.4, 0.5) is 6.01 Å². The molecule has 0 saturated heterocycles. The van der Waals surface area contributed by atoms with Crippen molar-refractivity contribution >= 4 is 33.1 Å². The fraction of sp³-hybridized carbons (Fsp3) is 0.0714. The van der Waals surface area contributed by atoms with Gasteiger partial charge >= 0.3 is 6.01 Å². The minimum absolute atomic E-state index is 0.0226. The monoisotopic (exact) mass is 349 g/mol. The largest absolute Gasteiger partial charge is 0.403 e. The zero-order valence-corrected chi connectivity index (χ0v) is 13.5. The molecule has 1 aromatic carbocycles. The quantitative estimate of drug-likeness (QED) is 0.776. The van der Waals surface area contributed by atoms with Crippen LogP contribution in [0.5, 0.6) is 0 Å². The topological polar surface area (TPSA) is 102 Å². The van der Waals surface area contributed by atoms with Crippen LogP contribution in [0.3, 0.4) is 0 Å². The average Bonchev–Trinajstić information content (AvgIpc) is 3.18. The van der Waals surface area contributed by atoms with E-state index in [0.29, 0.717) is 10.4 Å². The van der Waals surface area contributed by atoms with Crippen LogP contribution in [-0.2, 0) is 9.84 Å². The first-order chi connectivity index (χ1) is 10.9. The van der Waals surface area contributed by atoms with Crippen LogP contribution in [0.1, 0.15) is 9.67 Å². The molecule has 0 unspecified atom stereocenters. The molecule has 0 radical (unpaired) electrons. The molecule has 7 nitrogen and oxygen atoms in total. The number of hydrogen-bond donors (Lipinski definition) is 1. The number of thiophene rings is 1. The summed E-state index contributed by atoms with van der Waals surface area (Å²) >= 11 is 1.30. The lowest BCUT2D eigenvalue weighted by Crippen LogP contribution is -2.10. The molecule has 3 rings (SSSR count). The predicted molar refractivity (Wildman–Crippen MR) is 85.1 cm³/mol. The van der Waals surface area contributed by atoms with Gasteiger partial charge in [-0.1, -0.05) is 11.2 Å². The third-order valence-corrected chi connectivity index (χ3v) is 4.92. The van der Waals surface area contributed by atoms with Crippen molar-refractivity contribution in [1.29, 1.82) is 0 Å². The number of rotatable bonds is 4. The minimum Gasteiger partial charge on any atom is -0.403 e. The molecule has 0 aliphatic rings. The smallest absolute Gasteiger partial charge is 0.322 e. The molecule has 0 aliphatic heterocycles. The van der Waals surface area contributed by atoms with Crippen molar-refractivity contribution in [3.63, 3.8) is 0 Å². The molecular formula is C14H11N3O4S2. The van der Waals surface area contributed by atoms with Crippen molar-refractivity contribution < 1.29 is 17.6 Å². The lowest BCUT2D eigenvalue weighted by molar-refractivity contribution is 0.102. The number of anilines is 1. The van der Waals surface area contributed by atoms with Gasteiger partial charge in [0.25, 0.3) is 5.91 Å². The number of hydrogen-bond acceptors (Lipinski definition) is 7. The first-order valence-corrected chi connectivity index (χ1v) is 9.19. The second-order valence-corrected chi connectivity index (χ2v) is 7.60. The Morgan fingerprint density at radius 2 is 1.91 bits per heavy atom. The van der Waals surface area contributed by atoms with Crippen LogP contribution in [0.15, 0.2) is 51.1 Å². The lowest BCUT2D eigenvalue weighted by atomic mass is 10.2. The number of carbonyl (C=O) groups excluding carboxylic acids is 1. The van der Waals surface area contributed by atoms with Gasteiger partial charge in [0.05, 0.1) is 9.77 Å². The van der Waals surface area contributed by atoms with Gasteiger partial charge in [-0.3, -0.25) is 10.1 Å². The summed E-state index contributed by atoms with van der Waals surface area (Å²) in [5, 5.41) is 11.9. The summed E-state index contributed by atoms with van der Waals surface area (Å²) in [7, 11) is -3.26. The van der Waals surface area contributed by atoms with E-state index in [1.165, 1.54) is 23.5 Å². The van der Waals surface area contributed by atoms with Crippen molar-refractivity contribution in [2.24, 2.45) is 0 Å². The highest BCUT2D eigenvalue weighted by Crippen LogP contribution is 2.22. The van der Waals surface area contributed by atoms with Crippen molar-refractivity contribution in [1.82, 2.24) is 10.2 Å². The van der Waals surface area contributed by atoms with Gasteiger partial charge in [-0.2, -0.15) is 0 Å². The molecule has 0 atom stereocenters. The number of benzene rings is 1. The maximum Gasteiger partial charge on any atom is 0.322 e. The molecule has 0 bridgehead atoms. The van der Waals surface area contributed by atoms with Crippen LogP contribution in [0.25, 0.3) is 11.5 Å². The van der Waals surface area contributed by atoms with Crippen LogP contribution >= 0.6 is 11.3 Å². The van der Waals surface area contributed by atoms with Crippen molar-refractivity contribution in [2.45, 2.75) is 4.90 Å². The third kappa shape index (κ3) is 3.46. The van der Waals surface area contributed by atoms with Gasteiger partial charge in [-0.05, 0) is 35.7 Å². The molecule has 1 amide bonds. The van der Waals surface area contributed by atoms with E-state index >= 15 is 0 Å². The molecule has 1 N–H and O–H groups in total.